The summed E-state index contributed by atoms with van der Waals surface area (Å²) in [6, 6.07) is 9.26. The zero-order valence-corrected chi connectivity index (χ0v) is 17.1. The molecule has 2 heterocycles. The van der Waals surface area contributed by atoms with Gasteiger partial charge in [0.05, 0.1) is 23.4 Å². The first-order chi connectivity index (χ1) is 14.0. The van der Waals surface area contributed by atoms with E-state index in [0.29, 0.717) is 28.6 Å². The van der Waals surface area contributed by atoms with Crippen molar-refractivity contribution in [3.63, 3.8) is 0 Å². The number of pyridine rings is 1. The van der Waals surface area contributed by atoms with Crippen molar-refractivity contribution in [2.45, 2.75) is 32.2 Å². The lowest BCUT2D eigenvalue weighted by molar-refractivity contribution is -0.140. The fourth-order valence-corrected chi connectivity index (χ4v) is 3.71. The summed E-state index contributed by atoms with van der Waals surface area (Å²) < 4.78 is 5.14. The van der Waals surface area contributed by atoms with Crippen molar-refractivity contribution in [2.75, 3.05) is 13.7 Å². The Balaban J connectivity index is 2.11. The molecule has 7 heteroatoms. The number of likely N-dealkylation sites (tertiary alicyclic amines) is 1. The van der Waals surface area contributed by atoms with Gasteiger partial charge in [0.15, 0.2) is 0 Å². The molecule has 6 nitrogen and oxygen atoms in total. The molecule has 2 aromatic rings. The highest BCUT2D eigenvalue weighted by Crippen LogP contribution is 2.39. The van der Waals surface area contributed by atoms with Gasteiger partial charge in [0.1, 0.15) is 17.6 Å². The molecule has 0 radical (unpaired) electrons. The number of ether oxygens (including phenoxy) is 1. The van der Waals surface area contributed by atoms with Crippen LogP contribution in [0.2, 0.25) is 5.02 Å². The summed E-state index contributed by atoms with van der Waals surface area (Å²) in [5, 5.41) is 11.3. The summed E-state index contributed by atoms with van der Waals surface area (Å²) in [7, 11) is 1.49. The van der Waals surface area contributed by atoms with Crippen molar-refractivity contribution in [3.8, 4) is 5.75 Å². The number of unbranched alkanes of at least 4 members (excludes halogenated alkanes) is 2. The van der Waals surface area contributed by atoms with E-state index in [1.807, 2.05) is 0 Å². The first kappa shape index (κ1) is 20.9. The molecule has 1 aliphatic rings. The molecule has 1 aromatic carbocycles. The second kappa shape index (κ2) is 9.09. The van der Waals surface area contributed by atoms with Crippen LogP contribution < -0.4 is 4.74 Å². The van der Waals surface area contributed by atoms with Crippen LogP contribution in [0.25, 0.3) is 5.76 Å². The summed E-state index contributed by atoms with van der Waals surface area (Å²) in [5.74, 6) is -1.18. The van der Waals surface area contributed by atoms with Crippen molar-refractivity contribution < 1.29 is 19.4 Å². The average molecular weight is 415 g/mol. The summed E-state index contributed by atoms with van der Waals surface area (Å²) in [5.41, 5.74) is 0.888. The molecule has 0 saturated carbocycles. The number of aliphatic hydroxyl groups excluding tert-OH is 1. The number of amides is 1. The number of benzene rings is 1. The van der Waals surface area contributed by atoms with Crippen LogP contribution in [-0.2, 0) is 9.59 Å². The Morgan fingerprint density at radius 3 is 2.66 bits per heavy atom. The number of nitrogens with zero attached hydrogens (tertiary/aromatic N) is 2. The summed E-state index contributed by atoms with van der Waals surface area (Å²) in [6.07, 6.45) is 4.29. The predicted molar refractivity (Wildman–Crippen MR) is 111 cm³/mol. The van der Waals surface area contributed by atoms with Gasteiger partial charge in [0, 0.05) is 18.3 Å². The molecule has 1 N–H and O–H groups in total. The normalized spacial score (nSPS) is 18.3. The van der Waals surface area contributed by atoms with Gasteiger partial charge in [-0.25, -0.2) is 0 Å². The number of ketones is 1. The average Bonchev–Trinajstić information content (AvgIpc) is 2.99. The van der Waals surface area contributed by atoms with Gasteiger partial charge in [-0.3, -0.25) is 14.6 Å². The maximum absolute atomic E-state index is 12.9. The van der Waals surface area contributed by atoms with E-state index in [2.05, 4.69) is 11.9 Å². The topological polar surface area (TPSA) is 79.7 Å². The minimum Gasteiger partial charge on any atom is -0.507 e. The Morgan fingerprint density at radius 2 is 2.03 bits per heavy atom. The van der Waals surface area contributed by atoms with Gasteiger partial charge in [-0.15, -0.1) is 0 Å². The molecule has 152 valence electrons. The van der Waals surface area contributed by atoms with Crippen LogP contribution >= 0.6 is 11.6 Å². The summed E-state index contributed by atoms with van der Waals surface area (Å²) >= 11 is 6.18. The molecule has 29 heavy (non-hydrogen) atoms. The summed E-state index contributed by atoms with van der Waals surface area (Å²) in [4.78, 5) is 31.5. The second-order valence-electron chi connectivity index (χ2n) is 6.80. The molecule has 1 amide bonds. The Bertz CT molecular complexity index is 943. The van der Waals surface area contributed by atoms with Gasteiger partial charge < -0.3 is 14.7 Å². The molecule has 0 bridgehead atoms. The lowest BCUT2D eigenvalue weighted by Gasteiger charge is -2.24. The third kappa shape index (κ3) is 4.12. The van der Waals surface area contributed by atoms with Gasteiger partial charge in [0.2, 0.25) is 0 Å². The van der Waals surface area contributed by atoms with Gasteiger partial charge >= 0.3 is 0 Å². The van der Waals surface area contributed by atoms with Crippen LogP contribution in [0.3, 0.4) is 0 Å². The summed E-state index contributed by atoms with van der Waals surface area (Å²) in [6.45, 7) is 2.48. The molecule has 1 unspecified atom stereocenters. The molecule has 1 atom stereocenters. The van der Waals surface area contributed by atoms with Crippen molar-refractivity contribution in [2.24, 2.45) is 0 Å². The van der Waals surface area contributed by atoms with E-state index in [1.54, 1.807) is 36.5 Å². The number of aliphatic hydroxyl groups is 1. The molecule has 1 saturated heterocycles. The zero-order valence-electron chi connectivity index (χ0n) is 16.4. The Morgan fingerprint density at radius 1 is 1.24 bits per heavy atom. The Labute approximate surface area is 174 Å². The van der Waals surface area contributed by atoms with E-state index in [0.717, 1.165) is 19.3 Å². The fourth-order valence-electron chi connectivity index (χ4n) is 3.46. The first-order valence-electron chi connectivity index (χ1n) is 9.52. The number of rotatable bonds is 7. The number of halogens is 1. The van der Waals surface area contributed by atoms with E-state index in [9.17, 15) is 14.7 Å². The molecule has 0 spiro atoms. The molecular weight excluding hydrogens is 392 g/mol. The number of methoxy groups -OCH3 is 1. The van der Waals surface area contributed by atoms with Crippen LogP contribution in [0, 0.1) is 0 Å². The number of hydrogen-bond donors (Lipinski definition) is 1. The number of carbonyl (C=O) groups excluding carboxylic acids is 2. The van der Waals surface area contributed by atoms with E-state index in [1.165, 1.54) is 18.1 Å². The number of Topliss-reactive ketones (excluding diaryl/α,β-unsaturated/α-hetero) is 1. The smallest absolute Gasteiger partial charge is 0.295 e. The second-order valence-corrected chi connectivity index (χ2v) is 7.21. The number of aromatic nitrogens is 1. The third-order valence-corrected chi connectivity index (χ3v) is 5.23. The van der Waals surface area contributed by atoms with Gasteiger partial charge in [-0.1, -0.05) is 37.4 Å². The minimum atomic E-state index is -0.742. The monoisotopic (exact) mass is 414 g/mol. The first-order valence-corrected chi connectivity index (χ1v) is 9.90. The maximum Gasteiger partial charge on any atom is 0.295 e. The molecule has 1 aromatic heterocycles. The lowest BCUT2D eigenvalue weighted by Crippen LogP contribution is -2.31. The lowest BCUT2D eigenvalue weighted by atomic mass is 9.98. The number of hydrogen-bond acceptors (Lipinski definition) is 5. The quantitative estimate of drug-likeness (QED) is 0.315. The van der Waals surface area contributed by atoms with Crippen LogP contribution in [0.1, 0.15) is 43.5 Å². The predicted octanol–water partition coefficient (Wildman–Crippen LogP) is 4.36. The Hall–Kier alpha value is -2.86. The van der Waals surface area contributed by atoms with E-state index >= 15 is 0 Å². The minimum absolute atomic E-state index is 0.0198. The highest BCUT2D eigenvalue weighted by molar-refractivity contribution is 6.46. The van der Waals surface area contributed by atoms with Gasteiger partial charge in [-0.05, 0) is 36.8 Å². The van der Waals surface area contributed by atoms with E-state index < -0.39 is 17.7 Å². The van der Waals surface area contributed by atoms with Crippen molar-refractivity contribution in [3.05, 3.63) is 64.4 Å². The van der Waals surface area contributed by atoms with E-state index in [-0.39, 0.29) is 11.3 Å². The fraction of sp³-hybridized carbons (Fsp3) is 0.318. The SMILES string of the molecule is CCCCCN1C(=O)C(=O)/C(=C(\O)c2ccc(OC)c(Cl)c2)C1c1ccccn1. The molecule has 1 fully saturated rings. The van der Waals surface area contributed by atoms with Crippen LogP contribution in [-0.4, -0.2) is 40.3 Å². The van der Waals surface area contributed by atoms with Crippen molar-refractivity contribution in [1.82, 2.24) is 9.88 Å². The maximum atomic E-state index is 12.9. The Kier molecular flexibility index (Phi) is 6.54. The van der Waals surface area contributed by atoms with Crippen LogP contribution in [0.4, 0.5) is 0 Å². The van der Waals surface area contributed by atoms with Gasteiger partial charge in [-0.2, -0.15) is 0 Å². The third-order valence-electron chi connectivity index (χ3n) is 4.94. The van der Waals surface area contributed by atoms with Crippen molar-refractivity contribution >= 4 is 29.1 Å². The van der Waals surface area contributed by atoms with Crippen LogP contribution in [0.15, 0.2) is 48.2 Å². The highest BCUT2D eigenvalue weighted by atomic mass is 35.5. The molecule has 1 aliphatic heterocycles. The molecule has 3 rings (SSSR count). The standard InChI is InChI=1S/C22H23ClN2O4/c1-3-4-7-12-25-19(16-8-5-6-11-24-16)18(21(27)22(25)28)20(26)14-9-10-17(29-2)15(23)13-14/h5-6,8-11,13,19,26H,3-4,7,12H2,1-2H3/b20-18-. The van der Waals surface area contributed by atoms with Gasteiger partial charge in [0.25, 0.3) is 11.7 Å². The highest BCUT2D eigenvalue weighted by Gasteiger charge is 2.46. The molecular formula is C22H23ClN2O4. The van der Waals surface area contributed by atoms with Crippen LogP contribution in [0.5, 0.6) is 5.75 Å². The number of carbonyl (C=O) groups is 2. The zero-order chi connectivity index (χ0) is 21.0. The molecule has 0 aliphatic carbocycles. The van der Waals surface area contributed by atoms with E-state index in [4.69, 9.17) is 16.3 Å². The van der Waals surface area contributed by atoms with Crippen molar-refractivity contribution in [1.29, 1.82) is 0 Å². The largest absolute Gasteiger partial charge is 0.507 e.